The number of nitrogens with two attached hydrogens (primary N) is 1. The van der Waals surface area contributed by atoms with Gasteiger partial charge in [-0.05, 0) is 31.0 Å². The van der Waals surface area contributed by atoms with E-state index in [2.05, 4.69) is 10.2 Å². The Hall–Kier alpha value is -1.49. The van der Waals surface area contributed by atoms with Crippen LogP contribution in [0.5, 0.6) is 0 Å². The Morgan fingerprint density at radius 1 is 1.27 bits per heavy atom. The zero-order valence-corrected chi connectivity index (χ0v) is 9.23. The molecule has 0 bridgehead atoms. The lowest BCUT2D eigenvalue weighted by molar-refractivity contribution is 0.628. The molecule has 0 unspecified atom stereocenters. The van der Waals surface area contributed by atoms with Crippen LogP contribution in [0.2, 0.25) is 0 Å². The molecule has 1 heterocycles. The summed E-state index contributed by atoms with van der Waals surface area (Å²) in [5.41, 5.74) is 7.71. The van der Waals surface area contributed by atoms with Crippen molar-refractivity contribution in [3.8, 4) is 10.6 Å². The molecular weight excluding hydrogens is 213 g/mol. The summed E-state index contributed by atoms with van der Waals surface area (Å²) in [6, 6.07) is 3.40. The van der Waals surface area contributed by atoms with Gasteiger partial charge < -0.3 is 5.73 Å². The van der Waals surface area contributed by atoms with E-state index in [-0.39, 0.29) is 5.82 Å². The van der Waals surface area contributed by atoms with Crippen molar-refractivity contribution in [1.82, 2.24) is 10.2 Å². The van der Waals surface area contributed by atoms with Crippen LogP contribution in [0, 0.1) is 19.7 Å². The molecule has 0 fully saturated rings. The van der Waals surface area contributed by atoms with Gasteiger partial charge in [0, 0.05) is 0 Å². The number of aryl methyl sites for hydroxylation is 2. The van der Waals surface area contributed by atoms with Crippen molar-refractivity contribution < 1.29 is 4.39 Å². The maximum atomic E-state index is 13.7. The smallest absolute Gasteiger partial charge is 0.203 e. The van der Waals surface area contributed by atoms with Gasteiger partial charge in [-0.3, -0.25) is 0 Å². The summed E-state index contributed by atoms with van der Waals surface area (Å²) in [7, 11) is 0. The minimum Gasteiger partial charge on any atom is -0.374 e. The topological polar surface area (TPSA) is 51.8 Å². The van der Waals surface area contributed by atoms with Crippen molar-refractivity contribution in [2.75, 3.05) is 5.73 Å². The summed E-state index contributed by atoms with van der Waals surface area (Å²) in [5, 5.41) is 8.40. The summed E-state index contributed by atoms with van der Waals surface area (Å²) in [6.45, 7) is 3.71. The van der Waals surface area contributed by atoms with Gasteiger partial charge in [0.2, 0.25) is 5.13 Å². The zero-order chi connectivity index (χ0) is 11.0. The molecule has 0 aliphatic carbocycles. The van der Waals surface area contributed by atoms with Crippen molar-refractivity contribution >= 4 is 16.5 Å². The summed E-state index contributed by atoms with van der Waals surface area (Å²) in [4.78, 5) is 0. The van der Waals surface area contributed by atoms with Crippen molar-refractivity contribution in [2.45, 2.75) is 13.8 Å². The molecule has 0 saturated heterocycles. The normalized spacial score (nSPS) is 10.6. The Morgan fingerprint density at radius 3 is 2.53 bits per heavy atom. The fourth-order valence-electron chi connectivity index (χ4n) is 1.52. The highest BCUT2D eigenvalue weighted by Gasteiger charge is 2.13. The Balaban J connectivity index is 2.62. The Kier molecular flexibility index (Phi) is 2.40. The third kappa shape index (κ3) is 1.83. The third-order valence-electron chi connectivity index (χ3n) is 2.09. The highest BCUT2D eigenvalue weighted by molar-refractivity contribution is 7.18. The number of benzene rings is 1. The number of hydrogen-bond acceptors (Lipinski definition) is 4. The molecule has 0 atom stereocenters. The number of nitrogen functional groups attached to an aromatic ring is 1. The van der Waals surface area contributed by atoms with Crippen LogP contribution in [0.25, 0.3) is 10.6 Å². The molecule has 78 valence electrons. The van der Waals surface area contributed by atoms with E-state index in [1.807, 2.05) is 19.9 Å². The summed E-state index contributed by atoms with van der Waals surface area (Å²) < 4.78 is 13.7. The standard InChI is InChI=1S/C10H10FN3S/c1-5-3-6(2)8(7(11)4-5)9-13-14-10(12)15-9/h3-4H,1-2H3,(H2,12,14). The van der Waals surface area contributed by atoms with Gasteiger partial charge in [-0.25, -0.2) is 4.39 Å². The monoisotopic (exact) mass is 223 g/mol. The Bertz CT molecular complexity index is 484. The van der Waals surface area contributed by atoms with Crippen LogP contribution in [0.3, 0.4) is 0 Å². The summed E-state index contributed by atoms with van der Waals surface area (Å²) in [5.74, 6) is -0.274. The predicted molar refractivity (Wildman–Crippen MR) is 59.2 cm³/mol. The molecular formula is C10H10FN3S. The van der Waals surface area contributed by atoms with Crippen molar-refractivity contribution in [3.05, 3.63) is 29.1 Å². The van der Waals surface area contributed by atoms with E-state index in [1.54, 1.807) is 0 Å². The van der Waals surface area contributed by atoms with Crippen LogP contribution in [-0.2, 0) is 0 Å². The highest BCUT2D eigenvalue weighted by atomic mass is 32.1. The van der Waals surface area contributed by atoms with Crippen molar-refractivity contribution in [1.29, 1.82) is 0 Å². The predicted octanol–water partition coefficient (Wildman–Crippen LogP) is 2.54. The van der Waals surface area contributed by atoms with E-state index in [0.717, 1.165) is 11.1 Å². The lowest BCUT2D eigenvalue weighted by Crippen LogP contribution is -1.90. The second kappa shape index (κ2) is 3.58. The van der Waals surface area contributed by atoms with E-state index < -0.39 is 0 Å². The molecule has 0 spiro atoms. The first-order valence-corrected chi connectivity index (χ1v) is 5.25. The van der Waals surface area contributed by atoms with Gasteiger partial charge >= 0.3 is 0 Å². The molecule has 2 rings (SSSR count). The minimum absolute atomic E-state index is 0.274. The Labute approximate surface area is 90.8 Å². The molecule has 2 N–H and O–H groups in total. The van der Waals surface area contributed by atoms with Gasteiger partial charge in [-0.15, -0.1) is 10.2 Å². The van der Waals surface area contributed by atoms with E-state index in [4.69, 9.17) is 5.73 Å². The lowest BCUT2D eigenvalue weighted by Gasteiger charge is -2.04. The fraction of sp³-hybridized carbons (Fsp3) is 0.200. The molecule has 1 aromatic carbocycles. The van der Waals surface area contributed by atoms with Crippen LogP contribution in [0.15, 0.2) is 12.1 Å². The molecule has 15 heavy (non-hydrogen) atoms. The fourth-order valence-corrected chi connectivity index (χ4v) is 2.24. The largest absolute Gasteiger partial charge is 0.374 e. The number of nitrogens with zero attached hydrogens (tertiary/aromatic N) is 2. The quantitative estimate of drug-likeness (QED) is 0.808. The van der Waals surface area contributed by atoms with Crippen LogP contribution < -0.4 is 5.73 Å². The first kappa shape index (κ1) is 10.0. The maximum Gasteiger partial charge on any atom is 0.203 e. The average Bonchev–Trinajstić information content (AvgIpc) is 2.49. The highest BCUT2D eigenvalue weighted by Crippen LogP contribution is 2.30. The van der Waals surface area contributed by atoms with Crippen molar-refractivity contribution in [3.63, 3.8) is 0 Å². The summed E-state index contributed by atoms with van der Waals surface area (Å²) in [6.07, 6.45) is 0. The zero-order valence-electron chi connectivity index (χ0n) is 8.41. The molecule has 0 aliphatic rings. The van der Waals surface area contributed by atoms with E-state index in [9.17, 15) is 4.39 Å². The second-order valence-electron chi connectivity index (χ2n) is 3.38. The number of hydrogen-bond donors (Lipinski definition) is 1. The lowest BCUT2D eigenvalue weighted by atomic mass is 10.1. The molecule has 1 aromatic heterocycles. The van der Waals surface area contributed by atoms with Gasteiger partial charge in [0.15, 0.2) is 5.01 Å². The van der Waals surface area contributed by atoms with Gasteiger partial charge in [0.05, 0.1) is 5.56 Å². The Morgan fingerprint density at radius 2 is 2.00 bits per heavy atom. The third-order valence-corrected chi connectivity index (χ3v) is 2.86. The van der Waals surface area contributed by atoms with Crippen LogP contribution in [-0.4, -0.2) is 10.2 Å². The second-order valence-corrected chi connectivity index (χ2v) is 4.39. The minimum atomic E-state index is -0.274. The average molecular weight is 223 g/mol. The number of anilines is 1. The first-order chi connectivity index (χ1) is 7.08. The number of halogens is 1. The summed E-state index contributed by atoms with van der Waals surface area (Å²) >= 11 is 1.19. The molecule has 0 saturated carbocycles. The molecule has 2 aromatic rings. The van der Waals surface area contributed by atoms with E-state index in [0.29, 0.717) is 15.7 Å². The maximum absolute atomic E-state index is 13.7. The van der Waals surface area contributed by atoms with Gasteiger partial charge in [0.1, 0.15) is 5.82 Å². The van der Waals surface area contributed by atoms with Crippen LogP contribution in [0.4, 0.5) is 9.52 Å². The van der Waals surface area contributed by atoms with Gasteiger partial charge in [-0.1, -0.05) is 17.4 Å². The molecule has 3 nitrogen and oxygen atoms in total. The molecule has 0 aliphatic heterocycles. The van der Waals surface area contributed by atoms with Crippen LogP contribution in [0.1, 0.15) is 11.1 Å². The van der Waals surface area contributed by atoms with Crippen LogP contribution >= 0.6 is 11.3 Å². The van der Waals surface area contributed by atoms with Gasteiger partial charge in [-0.2, -0.15) is 0 Å². The SMILES string of the molecule is Cc1cc(C)c(-c2nnc(N)s2)c(F)c1. The molecule has 0 radical (unpaired) electrons. The first-order valence-electron chi connectivity index (χ1n) is 4.44. The number of aromatic nitrogens is 2. The molecule has 0 amide bonds. The van der Waals surface area contributed by atoms with Gasteiger partial charge in [0.25, 0.3) is 0 Å². The number of rotatable bonds is 1. The van der Waals surface area contributed by atoms with E-state index in [1.165, 1.54) is 17.4 Å². The van der Waals surface area contributed by atoms with Crippen molar-refractivity contribution in [2.24, 2.45) is 0 Å². The van der Waals surface area contributed by atoms with E-state index >= 15 is 0 Å². The molecule has 5 heteroatoms.